The standard InChI is InChI=1S/C16H28N6S.HI/c1-4-11-18-15(17-2)19-12-7-10-14-20-21-16(23-3)22(14)13-8-5-6-9-13;/h4,13H,1,5-12H2,2-3H3,(H2,17,18,19);1H. The number of hydrogen-bond donors (Lipinski definition) is 2. The fourth-order valence-electron chi connectivity index (χ4n) is 2.99. The van der Waals surface area contributed by atoms with Gasteiger partial charge >= 0.3 is 0 Å². The third kappa shape index (κ3) is 5.94. The topological polar surface area (TPSA) is 67.1 Å². The van der Waals surface area contributed by atoms with E-state index in [1.165, 1.54) is 25.7 Å². The first-order chi connectivity index (χ1) is 11.3. The maximum absolute atomic E-state index is 4.42. The minimum Gasteiger partial charge on any atom is -0.356 e. The Kier molecular flexibility index (Phi) is 10.4. The van der Waals surface area contributed by atoms with Crippen molar-refractivity contribution in [2.75, 3.05) is 26.4 Å². The van der Waals surface area contributed by atoms with Gasteiger partial charge < -0.3 is 15.2 Å². The number of aliphatic imine (C=N–C) groups is 1. The Balaban J connectivity index is 0.00000288. The van der Waals surface area contributed by atoms with Crippen LogP contribution in [0.1, 0.15) is 44.0 Å². The lowest BCUT2D eigenvalue weighted by Crippen LogP contribution is -2.37. The monoisotopic (exact) mass is 464 g/mol. The van der Waals surface area contributed by atoms with Crippen molar-refractivity contribution in [2.45, 2.75) is 49.7 Å². The Morgan fingerprint density at radius 1 is 1.38 bits per heavy atom. The van der Waals surface area contributed by atoms with Crippen LogP contribution in [0, 0.1) is 0 Å². The van der Waals surface area contributed by atoms with Crippen molar-refractivity contribution in [3.63, 3.8) is 0 Å². The van der Waals surface area contributed by atoms with Crippen LogP contribution in [0.5, 0.6) is 0 Å². The molecule has 1 fully saturated rings. The maximum Gasteiger partial charge on any atom is 0.191 e. The summed E-state index contributed by atoms with van der Waals surface area (Å²) in [5.74, 6) is 1.93. The average Bonchev–Trinajstić information content (AvgIpc) is 3.22. The van der Waals surface area contributed by atoms with E-state index in [2.05, 4.69) is 43.2 Å². The first kappa shape index (κ1) is 21.3. The van der Waals surface area contributed by atoms with Crippen molar-refractivity contribution in [3.05, 3.63) is 18.5 Å². The number of halogens is 1. The zero-order valence-corrected chi connectivity index (χ0v) is 17.8. The summed E-state index contributed by atoms with van der Waals surface area (Å²) in [6.07, 6.45) is 11.0. The Labute approximate surface area is 166 Å². The van der Waals surface area contributed by atoms with Gasteiger partial charge in [0.2, 0.25) is 0 Å². The minimum atomic E-state index is 0. The number of hydrogen-bond acceptors (Lipinski definition) is 4. The summed E-state index contributed by atoms with van der Waals surface area (Å²) in [6, 6.07) is 0.595. The second-order valence-electron chi connectivity index (χ2n) is 5.68. The van der Waals surface area contributed by atoms with E-state index in [0.29, 0.717) is 12.6 Å². The number of guanidine groups is 1. The molecule has 0 aromatic carbocycles. The molecule has 6 nitrogen and oxygen atoms in total. The van der Waals surface area contributed by atoms with Crippen molar-refractivity contribution >= 4 is 41.7 Å². The predicted octanol–water partition coefficient (Wildman–Crippen LogP) is 3.02. The summed E-state index contributed by atoms with van der Waals surface area (Å²) in [7, 11) is 1.78. The molecule has 1 aliphatic carbocycles. The van der Waals surface area contributed by atoms with Crippen LogP contribution < -0.4 is 10.6 Å². The Bertz CT molecular complexity index is 525. The smallest absolute Gasteiger partial charge is 0.191 e. The molecule has 24 heavy (non-hydrogen) atoms. The van der Waals surface area contributed by atoms with Crippen LogP contribution in [0.4, 0.5) is 0 Å². The molecule has 0 bridgehead atoms. The van der Waals surface area contributed by atoms with E-state index in [0.717, 1.165) is 36.3 Å². The second kappa shape index (κ2) is 11.7. The van der Waals surface area contributed by atoms with Crippen molar-refractivity contribution in [1.82, 2.24) is 25.4 Å². The van der Waals surface area contributed by atoms with Crippen LogP contribution in [0.25, 0.3) is 0 Å². The van der Waals surface area contributed by atoms with Crippen LogP contribution in [-0.2, 0) is 6.42 Å². The van der Waals surface area contributed by atoms with Crippen molar-refractivity contribution < 1.29 is 0 Å². The van der Waals surface area contributed by atoms with Crippen LogP contribution in [-0.4, -0.2) is 47.1 Å². The molecule has 0 aliphatic heterocycles. The third-order valence-corrected chi connectivity index (χ3v) is 4.76. The Morgan fingerprint density at radius 3 is 2.75 bits per heavy atom. The zero-order valence-electron chi connectivity index (χ0n) is 14.6. The van der Waals surface area contributed by atoms with Crippen molar-refractivity contribution in [3.8, 4) is 0 Å². The van der Waals surface area contributed by atoms with E-state index >= 15 is 0 Å². The number of thioether (sulfide) groups is 1. The molecular formula is C16H29IN6S. The van der Waals surface area contributed by atoms with Gasteiger partial charge in [-0.05, 0) is 25.5 Å². The average molecular weight is 464 g/mol. The number of rotatable bonds is 8. The molecule has 0 unspecified atom stereocenters. The third-order valence-electron chi connectivity index (χ3n) is 4.11. The van der Waals surface area contributed by atoms with Gasteiger partial charge in [-0.1, -0.05) is 30.7 Å². The van der Waals surface area contributed by atoms with Gasteiger partial charge in [-0.2, -0.15) is 0 Å². The SMILES string of the molecule is C=CCNC(=NC)NCCCc1nnc(SC)n1C1CCCC1.I. The Morgan fingerprint density at radius 2 is 2.12 bits per heavy atom. The molecule has 1 saturated carbocycles. The van der Waals surface area contributed by atoms with Crippen molar-refractivity contribution in [2.24, 2.45) is 4.99 Å². The lowest BCUT2D eigenvalue weighted by molar-refractivity contribution is 0.460. The van der Waals surface area contributed by atoms with Gasteiger partial charge in [0.25, 0.3) is 0 Å². The number of aromatic nitrogens is 3. The van der Waals surface area contributed by atoms with Gasteiger partial charge in [-0.15, -0.1) is 40.8 Å². The second-order valence-corrected chi connectivity index (χ2v) is 6.46. The molecule has 136 valence electrons. The summed E-state index contributed by atoms with van der Waals surface area (Å²) < 4.78 is 2.38. The van der Waals surface area contributed by atoms with E-state index in [-0.39, 0.29) is 24.0 Å². The van der Waals surface area contributed by atoms with Crippen LogP contribution in [0.15, 0.2) is 22.8 Å². The largest absolute Gasteiger partial charge is 0.356 e. The highest BCUT2D eigenvalue weighted by atomic mass is 127. The van der Waals surface area contributed by atoms with E-state index < -0.39 is 0 Å². The van der Waals surface area contributed by atoms with Crippen LogP contribution in [0.2, 0.25) is 0 Å². The van der Waals surface area contributed by atoms with Gasteiger partial charge in [-0.3, -0.25) is 4.99 Å². The first-order valence-corrected chi connectivity index (χ1v) is 9.55. The molecule has 1 aromatic heterocycles. The number of aryl methyl sites for hydroxylation is 1. The normalized spacial score (nSPS) is 15.2. The molecule has 2 rings (SSSR count). The molecular weight excluding hydrogens is 435 g/mol. The highest BCUT2D eigenvalue weighted by Crippen LogP contribution is 2.33. The lowest BCUT2D eigenvalue weighted by atomic mass is 10.2. The highest BCUT2D eigenvalue weighted by molar-refractivity contribution is 14.0. The van der Waals surface area contributed by atoms with E-state index in [1.54, 1.807) is 18.8 Å². The fraction of sp³-hybridized carbons (Fsp3) is 0.688. The van der Waals surface area contributed by atoms with Crippen LogP contribution in [0.3, 0.4) is 0 Å². The quantitative estimate of drug-likeness (QED) is 0.155. The number of nitrogens with one attached hydrogen (secondary N) is 2. The summed E-state index contributed by atoms with van der Waals surface area (Å²) >= 11 is 1.70. The van der Waals surface area contributed by atoms with Crippen LogP contribution >= 0.6 is 35.7 Å². The zero-order chi connectivity index (χ0) is 16.5. The van der Waals surface area contributed by atoms with E-state index in [1.807, 2.05) is 6.08 Å². The summed E-state index contributed by atoms with van der Waals surface area (Å²) in [6.45, 7) is 5.27. The molecule has 8 heteroatoms. The van der Waals surface area contributed by atoms with Gasteiger partial charge in [0.05, 0.1) is 0 Å². The lowest BCUT2D eigenvalue weighted by Gasteiger charge is -2.16. The minimum absolute atomic E-state index is 0. The molecule has 0 amide bonds. The predicted molar refractivity (Wildman–Crippen MR) is 113 cm³/mol. The molecule has 0 atom stereocenters. The first-order valence-electron chi connectivity index (χ1n) is 8.33. The molecule has 0 spiro atoms. The summed E-state index contributed by atoms with van der Waals surface area (Å²) in [4.78, 5) is 4.18. The summed E-state index contributed by atoms with van der Waals surface area (Å²) in [5, 5.41) is 16.3. The van der Waals surface area contributed by atoms with Crippen molar-refractivity contribution in [1.29, 1.82) is 0 Å². The molecule has 0 saturated heterocycles. The summed E-state index contributed by atoms with van der Waals surface area (Å²) in [5.41, 5.74) is 0. The molecule has 2 N–H and O–H groups in total. The van der Waals surface area contributed by atoms with E-state index in [9.17, 15) is 0 Å². The molecule has 1 heterocycles. The molecule has 1 aromatic rings. The Hall–Kier alpha value is -0.770. The van der Waals surface area contributed by atoms with Gasteiger partial charge in [0.1, 0.15) is 5.82 Å². The van der Waals surface area contributed by atoms with Gasteiger partial charge in [0.15, 0.2) is 11.1 Å². The van der Waals surface area contributed by atoms with Gasteiger partial charge in [-0.25, -0.2) is 0 Å². The van der Waals surface area contributed by atoms with E-state index in [4.69, 9.17) is 0 Å². The maximum atomic E-state index is 4.42. The molecule has 0 radical (unpaired) electrons. The number of nitrogens with zero attached hydrogens (tertiary/aromatic N) is 4. The molecule has 1 aliphatic rings. The fourth-order valence-corrected chi connectivity index (χ4v) is 3.56. The highest BCUT2D eigenvalue weighted by Gasteiger charge is 2.23. The van der Waals surface area contributed by atoms with Gasteiger partial charge in [0, 0.05) is 32.6 Å².